The van der Waals surface area contributed by atoms with Crippen LogP contribution in [0.4, 0.5) is 5.95 Å². The molecule has 0 saturated heterocycles. The molecule has 0 aliphatic heterocycles. The number of benzene rings is 1. The first kappa shape index (κ1) is 15.0. The van der Waals surface area contributed by atoms with Gasteiger partial charge in [-0.15, -0.1) is 4.98 Å². The third-order valence-electron chi connectivity index (χ3n) is 2.67. The zero-order valence-corrected chi connectivity index (χ0v) is 12.2. The number of nitrogens with one attached hydrogen (secondary N) is 1. The number of hydrogen-bond donors (Lipinski definition) is 2. The number of nitrogens with zero attached hydrogens (tertiary/aromatic N) is 3. The topological polar surface area (TPSA) is 95.2 Å². The van der Waals surface area contributed by atoms with Crippen molar-refractivity contribution in [1.29, 1.82) is 0 Å². The van der Waals surface area contributed by atoms with Crippen molar-refractivity contribution >= 4 is 5.95 Å². The number of aryl methyl sites for hydroxylation is 1. The third kappa shape index (κ3) is 4.28. The summed E-state index contributed by atoms with van der Waals surface area (Å²) >= 11 is 0. The number of ether oxygens (including phenoxy) is 2. The van der Waals surface area contributed by atoms with Crippen LogP contribution >= 0.6 is 0 Å². The Hall–Kier alpha value is -2.41. The highest BCUT2D eigenvalue weighted by Gasteiger charge is 2.08. The number of hydrazine groups is 1. The first-order valence-corrected chi connectivity index (χ1v) is 6.87. The summed E-state index contributed by atoms with van der Waals surface area (Å²) in [6, 6.07) is 8.09. The van der Waals surface area contributed by atoms with Gasteiger partial charge in [0.1, 0.15) is 5.75 Å². The van der Waals surface area contributed by atoms with E-state index in [-0.39, 0.29) is 18.0 Å². The molecule has 0 spiro atoms. The van der Waals surface area contributed by atoms with Crippen LogP contribution in [0.1, 0.15) is 25.8 Å². The largest absolute Gasteiger partial charge is 0.464 e. The maximum absolute atomic E-state index is 5.60. The van der Waals surface area contributed by atoms with E-state index in [2.05, 4.69) is 27.3 Å². The standard InChI is InChI=1S/C14H19N5O2/c1-3-5-10-6-8-11(9-7-10)21-14-17-12(19-15)16-13(18-14)20-4-2/h6-9H,3-5,15H2,1-2H3,(H,16,17,18,19). The molecule has 1 heterocycles. The van der Waals surface area contributed by atoms with Crippen LogP contribution in [-0.4, -0.2) is 21.6 Å². The molecule has 21 heavy (non-hydrogen) atoms. The van der Waals surface area contributed by atoms with Crippen molar-refractivity contribution in [3.8, 4) is 17.8 Å². The summed E-state index contributed by atoms with van der Waals surface area (Å²) in [6.07, 6.45) is 2.15. The van der Waals surface area contributed by atoms with E-state index < -0.39 is 0 Å². The maximum atomic E-state index is 5.60. The molecule has 2 aromatic rings. The molecule has 0 bridgehead atoms. The van der Waals surface area contributed by atoms with E-state index in [1.165, 1.54) is 5.56 Å². The maximum Gasteiger partial charge on any atom is 0.330 e. The zero-order valence-electron chi connectivity index (χ0n) is 12.2. The Kier molecular flexibility index (Phi) is 5.28. The number of nitrogen functional groups attached to an aromatic ring is 1. The van der Waals surface area contributed by atoms with Crippen LogP contribution < -0.4 is 20.7 Å². The Balaban J connectivity index is 2.15. The number of hydrogen-bond acceptors (Lipinski definition) is 7. The summed E-state index contributed by atoms with van der Waals surface area (Å²) in [6.45, 7) is 4.43. The van der Waals surface area contributed by atoms with Gasteiger partial charge in [0.15, 0.2) is 0 Å². The highest BCUT2D eigenvalue weighted by Crippen LogP contribution is 2.21. The molecule has 0 aliphatic rings. The molecule has 3 N–H and O–H groups in total. The smallest absolute Gasteiger partial charge is 0.330 e. The summed E-state index contributed by atoms with van der Waals surface area (Å²) in [7, 11) is 0. The van der Waals surface area contributed by atoms with Crippen LogP contribution in [0, 0.1) is 0 Å². The van der Waals surface area contributed by atoms with Crippen LogP contribution in [0.2, 0.25) is 0 Å². The zero-order chi connectivity index (χ0) is 15.1. The van der Waals surface area contributed by atoms with E-state index in [1.54, 1.807) is 0 Å². The SMILES string of the molecule is CCCc1ccc(Oc2nc(NN)nc(OCC)n2)cc1. The van der Waals surface area contributed by atoms with Crippen LogP contribution in [0.25, 0.3) is 0 Å². The fraction of sp³-hybridized carbons (Fsp3) is 0.357. The Morgan fingerprint density at radius 2 is 1.76 bits per heavy atom. The second kappa shape index (κ2) is 7.39. The minimum absolute atomic E-state index is 0.129. The van der Waals surface area contributed by atoms with Crippen molar-refractivity contribution in [3.05, 3.63) is 29.8 Å². The number of rotatable bonds is 7. The molecule has 1 aromatic carbocycles. The molecular weight excluding hydrogens is 270 g/mol. The van der Waals surface area contributed by atoms with E-state index in [4.69, 9.17) is 15.3 Å². The normalized spacial score (nSPS) is 10.2. The van der Waals surface area contributed by atoms with Gasteiger partial charge in [0.05, 0.1) is 6.61 Å². The van der Waals surface area contributed by atoms with Gasteiger partial charge in [-0.1, -0.05) is 25.5 Å². The average molecular weight is 289 g/mol. The second-order valence-electron chi connectivity index (χ2n) is 4.30. The lowest BCUT2D eigenvalue weighted by Gasteiger charge is -2.08. The number of aromatic nitrogens is 3. The molecule has 0 radical (unpaired) electrons. The minimum Gasteiger partial charge on any atom is -0.464 e. The van der Waals surface area contributed by atoms with Crippen LogP contribution in [-0.2, 0) is 6.42 Å². The van der Waals surface area contributed by atoms with Gasteiger partial charge < -0.3 is 9.47 Å². The fourth-order valence-electron chi connectivity index (χ4n) is 1.76. The molecule has 1 aromatic heterocycles. The molecule has 0 unspecified atom stereocenters. The highest BCUT2D eigenvalue weighted by atomic mass is 16.5. The second-order valence-corrected chi connectivity index (χ2v) is 4.30. The van der Waals surface area contributed by atoms with Crippen molar-refractivity contribution in [2.75, 3.05) is 12.0 Å². The summed E-state index contributed by atoms with van der Waals surface area (Å²) in [5.74, 6) is 6.15. The van der Waals surface area contributed by atoms with Crippen LogP contribution in [0.3, 0.4) is 0 Å². The molecular formula is C14H19N5O2. The lowest BCUT2D eigenvalue weighted by molar-refractivity contribution is 0.304. The molecule has 0 amide bonds. The van der Waals surface area contributed by atoms with Gasteiger partial charge in [0, 0.05) is 0 Å². The fourth-order valence-corrected chi connectivity index (χ4v) is 1.76. The van der Waals surface area contributed by atoms with Gasteiger partial charge in [0.25, 0.3) is 0 Å². The molecule has 0 saturated carbocycles. The molecule has 0 fully saturated rings. The Labute approximate surface area is 123 Å². The van der Waals surface area contributed by atoms with E-state index >= 15 is 0 Å². The average Bonchev–Trinajstić information content (AvgIpc) is 2.49. The predicted octanol–water partition coefficient (Wildman–Crippen LogP) is 2.30. The van der Waals surface area contributed by atoms with E-state index in [9.17, 15) is 0 Å². The van der Waals surface area contributed by atoms with Gasteiger partial charge in [-0.2, -0.15) is 9.97 Å². The first-order chi connectivity index (χ1) is 10.2. The molecule has 112 valence electrons. The Morgan fingerprint density at radius 3 is 2.38 bits per heavy atom. The first-order valence-electron chi connectivity index (χ1n) is 6.87. The van der Waals surface area contributed by atoms with E-state index in [0.29, 0.717) is 12.4 Å². The van der Waals surface area contributed by atoms with Crippen molar-refractivity contribution in [2.24, 2.45) is 5.84 Å². The van der Waals surface area contributed by atoms with E-state index in [0.717, 1.165) is 12.8 Å². The molecule has 0 aliphatic carbocycles. The van der Waals surface area contributed by atoms with Crippen LogP contribution in [0.15, 0.2) is 24.3 Å². The lowest BCUT2D eigenvalue weighted by atomic mass is 10.1. The monoisotopic (exact) mass is 289 g/mol. The van der Waals surface area contributed by atoms with Gasteiger partial charge >= 0.3 is 12.0 Å². The van der Waals surface area contributed by atoms with Gasteiger partial charge in [-0.05, 0) is 31.0 Å². The van der Waals surface area contributed by atoms with Crippen LogP contribution in [0.5, 0.6) is 17.8 Å². The Bertz CT molecular complexity index is 574. The summed E-state index contributed by atoms with van der Waals surface area (Å²) in [4.78, 5) is 12.1. The van der Waals surface area contributed by atoms with Gasteiger partial charge in [-0.25, -0.2) is 5.84 Å². The summed E-state index contributed by atoms with van der Waals surface area (Å²) in [5, 5.41) is 0. The molecule has 7 nitrogen and oxygen atoms in total. The van der Waals surface area contributed by atoms with Crippen molar-refractivity contribution in [1.82, 2.24) is 15.0 Å². The van der Waals surface area contributed by atoms with Gasteiger partial charge in [-0.3, -0.25) is 5.43 Å². The minimum atomic E-state index is 0.129. The molecule has 7 heteroatoms. The van der Waals surface area contributed by atoms with Crippen molar-refractivity contribution in [2.45, 2.75) is 26.7 Å². The molecule has 0 atom stereocenters. The highest BCUT2D eigenvalue weighted by molar-refractivity contribution is 5.31. The molecule has 2 rings (SSSR count). The summed E-state index contributed by atoms with van der Waals surface area (Å²) in [5.41, 5.74) is 3.62. The number of anilines is 1. The lowest BCUT2D eigenvalue weighted by Crippen LogP contribution is -2.12. The third-order valence-corrected chi connectivity index (χ3v) is 2.67. The quantitative estimate of drug-likeness (QED) is 0.596. The van der Waals surface area contributed by atoms with Crippen molar-refractivity contribution < 1.29 is 9.47 Å². The summed E-state index contributed by atoms with van der Waals surface area (Å²) < 4.78 is 10.8. The van der Waals surface area contributed by atoms with Crippen molar-refractivity contribution in [3.63, 3.8) is 0 Å². The van der Waals surface area contributed by atoms with E-state index in [1.807, 2.05) is 31.2 Å². The predicted molar refractivity (Wildman–Crippen MR) is 79.3 cm³/mol. The number of nitrogens with two attached hydrogens (primary N) is 1. The van der Waals surface area contributed by atoms with Gasteiger partial charge in [0.2, 0.25) is 5.95 Å². The Morgan fingerprint density at radius 1 is 1.05 bits per heavy atom.